The molecule has 0 amide bonds. The van der Waals surface area contributed by atoms with Gasteiger partial charge >= 0.3 is 0 Å². The quantitative estimate of drug-likeness (QED) is 0.506. The van der Waals surface area contributed by atoms with Crippen LogP contribution in [0, 0.1) is 5.92 Å². The first-order chi connectivity index (χ1) is 3.70. The van der Waals surface area contributed by atoms with Crippen molar-refractivity contribution in [1.82, 2.24) is 0 Å². The standard InChI is InChI=1S/C6H10O2/c1-4-3-6(7)8-5(4)2/h4,6-7H,2-3H2,1H3. The Hall–Kier alpha value is -0.500. The fourth-order valence-corrected chi connectivity index (χ4v) is 0.773. The third-order valence-electron chi connectivity index (χ3n) is 1.39. The average Bonchev–Trinajstić information content (AvgIpc) is 1.85. The van der Waals surface area contributed by atoms with Crippen LogP contribution in [0.3, 0.4) is 0 Å². The van der Waals surface area contributed by atoms with Crippen molar-refractivity contribution >= 4 is 0 Å². The van der Waals surface area contributed by atoms with Crippen molar-refractivity contribution in [3.8, 4) is 0 Å². The monoisotopic (exact) mass is 114 g/mol. The lowest BCUT2D eigenvalue weighted by Gasteiger charge is -1.99. The Labute approximate surface area is 48.8 Å². The molecular weight excluding hydrogens is 104 g/mol. The maximum Gasteiger partial charge on any atom is 0.197 e. The molecule has 0 radical (unpaired) electrons. The molecule has 0 aliphatic carbocycles. The van der Waals surface area contributed by atoms with Gasteiger partial charge in [-0.15, -0.1) is 0 Å². The second kappa shape index (κ2) is 1.78. The van der Waals surface area contributed by atoms with Gasteiger partial charge in [0.25, 0.3) is 0 Å². The molecule has 0 saturated carbocycles. The third-order valence-corrected chi connectivity index (χ3v) is 1.39. The number of aliphatic hydroxyl groups is 1. The largest absolute Gasteiger partial charge is 0.470 e. The Morgan fingerprint density at radius 3 is 2.62 bits per heavy atom. The number of ether oxygens (including phenoxy) is 1. The minimum absolute atomic E-state index is 0.324. The van der Waals surface area contributed by atoms with E-state index in [1.54, 1.807) is 0 Å². The minimum Gasteiger partial charge on any atom is -0.470 e. The van der Waals surface area contributed by atoms with E-state index in [0.29, 0.717) is 18.1 Å². The summed E-state index contributed by atoms with van der Waals surface area (Å²) in [6, 6.07) is 0. The lowest BCUT2D eigenvalue weighted by molar-refractivity contribution is -0.0348. The fourth-order valence-electron chi connectivity index (χ4n) is 0.773. The molecule has 1 rings (SSSR count). The molecule has 2 unspecified atom stereocenters. The molecule has 8 heavy (non-hydrogen) atoms. The van der Waals surface area contributed by atoms with Crippen LogP contribution in [-0.4, -0.2) is 11.4 Å². The summed E-state index contributed by atoms with van der Waals surface area (Å²) in [5, 5.41) is 8.79. The lowest BCUT2D eigenvalue weighted by Crippen LogP contribution is -2.00. The SMILES string of the molecule is C=C1OC(O)CC1C. The Morgan fingerprint density at radius 1 is 1.88 bits per heavy atom. The summed E-state index contributed by atoms with van der Waals surface area (Å²) < 4.78 is 4.83. The van der Waals surface area contributed by atoms with Gasteiger partial charge in [-0.05, 0) is 0 Å². The number of hydrogen-bond donors (Lipinski definition) is 1. The molecule has 1 fully saturated rings. The highest BCUT2D eigenvalue weighted by atomic mass is 16.6. The molecule has 2 nitrogen and oxygen atoms in total. The summed E-state index contributed by atoms with van der Waals surface area (Å²) >= 11 is 0. The highest BCUT2D eigenvalue weighted by Gasteiger charge is 2.23. The Bertz CT molecular complexity index is 109. The van der Waals surface area contributed by atoms with Crippen molar-refractivity contribution in [2.45, 2.75) is 19.6 Å². The number of rotatable bonds is 0. The molecule has 1 saturated heterocycles. The topological polar surface area (TPSA) is 29.5 Å². The summed E-state index contributed by atoms with van der Waals surface area (Å²) in [4.78, 5) is 0. The van der Waals surface area contributed by atoms with Gasteiger partial charge in [0.1, 0.15) is 0 Å². The van der Waals surface area contributed by atoms with Gasteiger partial charge in [0.2, 0.25) is 0 Å². The van der Waals surface area contributed by atoms with Crippen LogP contribution in [0.25, 0.3) is 0 Å². The van der Waals surface area contributed by atoms with Crippen LogP contribution < -0.4 is 0 Å². The maximum absolute atomic E-state index is 8.79. The summed E-state index contributed by atoms with van der Waals surface area (Å²) in [5.74, 6) is 1.03. The Balaban J connectivity index is 2.51. The van der Waals surface area contributed by atoms with Crippen molar-refractivity contribution in [3.05, 3.63) is 12.3 Å². The number of allylic oxidation sites excluding steroid dienone is 1. The van der Waals surface area contributed by atoms with E-state index < -0.39 is 6.29 Å². The first-order valence-electron chi connectivity index (χ1n) is 2.73. The fraction of sp³-hybridized carbons (Fsp3) is 0.667. The van der Waals surface area contributed by atoms with E-state index in [9.17, 15) is 0 Å². The van der Waals surface area contributed by atoms with Crippen molar-refractivity contribution in [1.29, 1.82) is 0 Å². The molecule has 2 heteroatoms. The van der Waals surface area contributed by atoms with E-state index in [-0.39, 0.29) is 0 Å². The van der Waals surface area contributed by atoms with Gasteiger partial charge in [0.15, 0.2) is 6.29 Å². The van der Waals surface area contributed by atoms with Crippen molar-refractivity contribution in [3.63, 3.8) is 0 Å². The van der Waals surface area contributed by atoms with Crippen molar-refractivity contribution < 1.29 is 9.84 Å². The second-order valence-electron chi connectivity index (χ2n) is 2.18. The van der Waals surface area contributed by atoms with E-state index in [1.165, 1.54) is 0 Å². The zero-order valence-corrected chi connectivity index (χ0v) is 4.92. The predicted molar refractivity (Wildman–Crippen MR) is 30.0 cm³/mol. The van der Waals surface area contributed by atoms with Crippen LogP contribution in [0.4, 0.5) is 0 Å². The van der Waals surface area contributed by atoms with Gasteiger partial charge in [-0.2, -0.15) is 0 Å². The summed E-state index contributed by atoms with van der Waals surface area (Å²) in [5.41, 5.74) is 0. The summed E-state index contributed by atoms with van der Waals surface area (Å²) in [6.45, 7) is 5.59. The minimum atomic E-state index is -0.600. The number of hydrogen-bond acceptors (Lipinski definition) is 2. The molecule has 1 aliphatic heterocycles. The van der Waals surface area contributed by atoms with Crippen molar-refractivity contribution in [2.75, 3.05) is 0 Å². The first-order valence-corrected chi connectivity index (χ1v) is 2.73. The van der Waals surface area contributed by atoms with Gasteiger partial charge in [-0.25, -0.2) is 0 Å². The van der Waals surface area contributed by atoms with Crippen LogP contribution >= 0.6 is 0 Å². The molecule has 0 aromatic rings. The van der Waals surface area contributed by atoms with E-state index >= 15 is 0 Å². The molecule has 46 valence electrons. The Morgan fingerprint density at radius 2 is 2.50 bits per heavy atom. The molecule has 0 bridgehead atoms. The van der Waals surface area contributed by atoms with Crippen LogP contribution in [0.1, 0.15) is 13.3 Å². The smallest absolute Gasteiger partial charge is 0.197 e. The molecule has 1 heterocycles. The highest BCUT2D eigenvalue weighted by molar-refractivity contribution is 4.94. The van der Waals surface area contributed by atoms with E-state index in [2.05, 4.69) is 6.58 Å². The zero-order chi connectivity index (χ0) is 6.15. The highest BCUT2D eigenvalue weighted by Crippen LogP contribution is 2.25. The normalized spacial score (nSPS) is 37.5. The van der Waals surface area contributed by atoms with Crippen LogP contribution in [0.5, 0.6) is 0 Å². The lowest BCUT2D eigenvalue weighted by atomic mass is 10.1. The van der Waals surface area contributed by atoms with E-state index in [0.717, 1.165) is 0 Å². The number of aliphatic hydroxyl groups excluding tert-OH is 1. The van der Waals surface area contributed by atoms with Gasteiger partial charge in [-0.1, -0.05) is 13.5 Å². The molecule has 1 aliphatic rings. The molecule has 0 aromatic heterocycles. The molecule has 0 spiro atoms. The van der Waals surface area contributed by atoms with Crippen LogP contribution in [0.15, 0.2) is 12.3 Å². The van der Waals surface area contributed by atoms with E-state index in [4.69, 9.17) is 9.84 Å². The maximum atomic E-state index is 8.79. The van der Waals surface area contributed by atoms with Gasteiger partial charge in [0.05, 0.1) is 5.76 Å². The third kappa shape index (κ3) is 0.842. The van der Waals surface area contributed by atoms with Gasteiger partial charge in [-0.3, -0.25) is 0 Å². The van der Waals surface area contributed by atoms with Gasteiger partial charge in [0, 0.05) is 12.3 Å². The first kappa shape index (κ1) is 5.63. The molecule has 1 N–H and O–H groups in total. The second-order valence-corrected chi connectivity index (χ2v) is 2.18. The zero-order valence-electron chi connectivity index (χ0n) is 4.92. The summed E-state index contributed by atoms with van der Waals surface area (Å²) in [7, 11) is 0. The molecule has 2 atom stereocenters. The van der Waals surface area contributed by atoms with Gasteiger partial charge < -0.3 is 9.84 Å². The molecule has 0 aromatic carbocycles. The Kier molecular flexibility index (Phi) is 1.26. The molecular formula is C6H10O2. The van der Waals surface area contributed by atoms with Crippen molar-refractivity contribution in [2.24, 2.45) is 5.92 Å². The summed E-state index contributed by atoms with van der Waals surface area (Å²) in [6.07, 6.45) is 0.0937. The van der Waals surface area contributed by atoms with Crippen LogP contribution in [0.2, 0.25) is 0 Å². The van der Waals surface area contributed by atoms with E-state index in [1.807, 2.05) is 6.92 Å². The predicted octanol–water partition coefficient (Wildman–Crippen LogP) is 0.875. The average molecular weight is 114 g/mol. The van der Waals surface area contributed by atoms with Crippen LogP contribution in [-0.2, 0) is 4.74 Å².